The largest absolute Gasteiger partial charge is 0.361 e. The van der Waals surface area contributed by atoms with Crippen molar-refractivity contribution >= 4 is 51.0 Å². The minimum atomic E-state index is 0.0347. The summed E-state index contributed by atoms with van der Waals surface area (Å²) in [6.07, 6.45) is 3.76. The van der Waals surface area contributed by atoms with Crippen molar-refractivity contribution in [3.8, 4) is 0 Å². The zero-order valence-electron chi connectivity index (χ0n) is 16.9. The monoisotopic (exact) mass is 455 g/mol. The second-order valence-electron chi connectivity index (χ2n) is 8.12. The van der Waals surface area contributed by atoms with E-state index in [1.54, 1.807) is 0 Å². The molecule has 4 aromatic rings. The highest BCUT2D eigenvalue weighted by molar-refractivity contribution is 6.31. The summed E-state index contributed by atoms with van der Waals surface area (Å²) in [6, 6.07) is 11.4. The summed E-state index contributed by atoms with van der Waals surface area (Å²) in [6.45, 7) is 3.04. The van der Waals surface area contributed by atoms with Crippen molar-refractivity contribution in [2.45, 2.75) is 25.9 Å². The molecule has 0 radical (unpaired) electrons. The fourth-order valence-electron chi connectivity index (χ4n) is 4.31. The van der Waals surface area contributed by atoms with Crippen LogP contribution < -0.4 is 5.32 Å². The second-order valence-corrected chi connectivity index (χ2v) is 8.99. The Morgan fingerprint density at radius 2 is 1.84 bits per heavy atom. The highest BCUT2D eigenvalue weighted by Gasteiger charge is 2.25. The van der Waals surface area contributed by atoms with Crippen molar-refractivity contribution in [2.24, 2.45) is 5.92 Å². The van der Waals surface area contributed by atoms with Gasteiger partial charge in [-0.15, -0.1) is 0 Å². The first-order valence-electron chi connectivity index (χ1n) is 10.4. The lowest BCUT2D eigenvalue weighted by Crippen LogP contribution is -2.40. The molecule has 1 aliphatic rings. The lowest BCUT2D eigenvalue weighted by molar-refractivity contribution is -0.126. The van der Waals surface area contributed by atoms with E-state index in [0.29, 0.717) is 11.6 Å². The molecular weight excluding hydrogens is 433 g/mol. The van der Waals surface area contributed by atoms with E-state index in [4.69, 9.17) is 23.2 Å². The summed E-state index contributed by atoms with van der Waals surface area (Å²) in [5.74, 6) is 0.866. The molecule has 160 valence electrons. The Balaban J connectivity index is 1.14. The summed E-state index contributed by atoms with van der Waals surface area (Å²) in [4.78, 5) is 26.1. The Morgan fingerprint density at radius 1 is 1.10 bits per heavy atom. The first-order valence-corrected chi connectivity index (χ1v) is 11.2. The zero-order valence-corrected chi connectivity index (χ0v) is 18.4. The molecule has 1 aliphatic heterocycles. The number of fused-ring (bicyclic) bond motifs is 2. The molecule has 0 unspecified atom stereocenters. The molecule has 0 aliphatic carbocycles. The van der Waals surface area contributed by atoms with E-state index in [-0.39, 0.29) is 11.8 Å². The predicted molar refractivity (Wildman–Crippen MR) is 124 cm³/mol. The minimum Gasteiger partial charge on any atom is -0.361 e. The van der Waals surface area contributed by atoms with Gasteiger partial charge in [-0.1, -0.05) is 23.2 Å². The molecular formula is C23H23Cl2N5O. The molecule has 1 fully saturated rings. The van der Waals surface area contributed by atoms with Crippen molar-refractivity contribution in [3.63, 3.8) is 0 Å². The molecule has 2 aromatic carbocycles. The number of H-pyrrole nitrogens is 2. The molecule has 0 bridgehead atoms. The molecule has 1 saturated heterocycles. The number of amides is 1. The Kier molecular flexibility index (Phi) is 5.61. The first kappa shape index (κ1) is 20.4. The van der Waals surface area contributed by atoms with Crippen molar-refractivity contribution in [1.82, 2.24) is 25.2 Å². The Morgan fingerprint density at radius 3 is 2.65 bits per heavy atom. The Hall–Kier alpha value is -2.54. The van der Waals surface area contributed by atoms with Crippen LogP contribution in [0.1, 0.15) is 24.2 Å². The highest BCUT2D eigenvalue weighted by atomic mass is 35.5. The number of aromatic amines is 2. The molecule has 0 atom stereocenters. The van der Waals surface area contributed by atoms with Gasteiger partial charge in [0.25, 0.3) is 0 Å². The van der Waals surface area contributed by atoms with Gasteiger partial charge in [0, 0.05) is 39.6 Å². The third-order valence-electron chi connectivity index (χ3n) is 6.01. The molecule has 2 aromatic heterocycles. The van der Waals surface area contributed by atoms with Crippen molar-refractivity contribution < 1.29 is 4.79 Å². The third-order valence-corrected chi connectivity index (χ3v) is 6.48. The quantitative estimate of drug-likeness (QED) is 0.401. The smallest absolute Gasteiger partial charge is 0.223 e. The van der Waals surface area contributed by atoms with Gasteiger partial charge in [0.15, 0.2) is 0 Å². The molecule has 1 amide bonds. The maximum Gasteiger partial charge on any atom is 0.223 e. The summed E-state index contributed by atoms with van der Waals surface area (Å²) < 4.78 is 0. The molecule has 3 heterocycles. The van der Waals surface area contributed by atoms with E-state index < -0.39 is 0 Å². The summed E-state index contributed by atoms with van der Waals surface area (Å²) in [5, 5.41) is 5.59. The standard InChI is InChI=1S/C23H23Cl2N5O/c24-16-1-3-19-18(9-16)15(11-26-19)13-30-7-5-14(6-8-30)23(31)27-12-22-28-20-4-2-17(25)10-21(20)29-22/h1-4,9-11,14,26H,5-8,12-13H2,(H,27,31)(H,28,29). The number of carbonyl (C=O) groups is 1. The normalized spacial score (nSPS) is 15.7. The highest BCUT2D eigenvalue weighted by Crippen LogP contribution is 2.26. The van der Waals surface area contributed by atoms with E-state index >= 15 is 0 Å². The van der Waals surface area contributed by atoms with Gasteiger partial charge in [0.05, 0.1) is 17.6 Å². The Bertz CT molecular complexity index is 1240. The fraction of sp³-hybridized carbons (Fsp3) is 0.304. The maximum absolute atomic E-state index is 12.7. The van der Waals surface area contributed by atoms with Gasteiger partial charge in [-0.25, -0.2) is 4.98 Å². The van der Waals surface area contributed by atoms with Crippen molar-refractivity contribution in [3.05, 3.63) is 64.0 Å². The topological polar surface area (TPSA) is 76.8 Å². The van der Waals surface area contributed by atoms with Gasteiger partial charge < -0.3 is 15.3 Å². The number of nitrogens with zero attached hydrogens (tertiary/aromatic N) is 2. The average molecular weight is 456 g/mol. The van der Waals surface area contributed by atoms with Crippen LogP contribution in [0.5, 0.6) is 0 Å². The number of likely N-dealkylation sites (tertiary alicyclic amines) is 1. The van der Waals surface area contributed by atoms with E-state index in [1.807, 2.05) is 36.4 Å². The van der Waals surface area contributed by atoms with E-state index in [2.05, 4.69) is 31.4 Å². The second kappa shape index (κ2) is 8.54. The number of halogens is 2. The minimum absolute atomic E-state index is 0.0347. The molecule has 0 saturated carbocycles. The van der Waals surface area contributed by atoms with Crippen LogP contribution in [0.3, 0.4) is 0 Å². The van der Waals surface area contributed by atoms with Crippen molar-refractivity contribution in [1.29, 1.82) is 0 Å². The number of imidazole rings is 1. The zero-order chi connectivity index (χ0) is 21.4. The molecule has 0 spiro atoms. The number of aromatic nitrogens is 3. The maximum atomic E-state index is 12.7. The Labute approximate surface area is 189 Å². The van der Waals surface area contributed by atoms with Gasteiger partial charge in [0.2, 0.25) is 5.91 Å². The lowest BCUT2D eigenvalue weighted by Gasteiger charge is -2.31. The number of piperidine rings is 1. The molecule has 8 heteroatoms. The van der Waals surface area contributed by atoms with Crippen molar-refractivity contribution in [2.75, 3.05) is 13.1 Å². The summed E-state index contributed by atoms with van der Waals surface area (Å²) in [7, 11) is 0. The number of carbonyl (C=O) groups excluding carboxylic acids is 1. The third kappa shape index (κ3) is 4.42. The van der Waals surface area contributed by atoms with E-state index in [0.717, 1.165) is 59.9 Å². The molecule has 5 rings (SSSR count). The van der Waals surface area contributed by atoms with Gasteiger partial charge >= 0.3 is 0 Å². The van der Waals surface area contributed by atoms with Gasteiger partial charge in [-0.2, -0.15) is 0 Å². The van der Waals surface area contributed by atoms with Crippen LogP contribution in [0.15, 0.2) is 42.6 Å². The summed E-state index contributed by atoms with van der Waals surface area (Å²) in [5.41, 5.74) is 4.07. The van der Waals surface area contributed by atoms with Crippen LogP contribution in [0.2, 0.25) is 10.0 Å². The lowest BCUT2D eigenvalue weighted by atomic mass is 9.95. The van der Waals surface area contributed by atoms with E-state index in [1.165, 1.54) is 10.9 Å². The van der Waals surface area contributed by atoms with Gasteiger partial charge in [-0.3, -0.25) is 9.69 Å². The van der Waals surface area contributed by atoms with Crippen LogP contribution in [-0.4, -0.2) is 38.8 Å². The number of hydrogen-bond acceptors (Lipinski definition) is 3. The first-order chi connectivity index (χ1) is 15.0. The predicted octanol–water partition coefficient (Wildman–Crippen LogP) is 4.88. The number of hydrogen-bond donors (Lipinski definition) is 3. The number of benzene rings is 2. The molecule has 6 nitrogen and oxygen atoms in total. The van der Waals surface area contributed by atoms with Crippen LogP contribution in [0.4, 0.5) is 0 Å². The van der Waals surface area contributed by atoms with Crippen LogP contribution in [0, 0.1) is 5.92 Å². The SMILES string of the molecule is O=C(NCc1nc2cc(Cl)ccc2[nH]1)C1CCN(Cc2c[nH]c3ccc(Cl)cc23)CC1. The van der Waals surface area contributed by atoms with Crippen LogP contribution >= 0.6 is 23.2 Å². The average Bonchev–Trinajstić information content (AvgIpc) is 3.35. The summed E-state index contributed by atoms with van der Waals surface area (Å²) >= 11 is 12.2. The molecule has 3 N–H and O–H groups in total. The van der Waals surface area contributed by atoms with Gasteiger partial charge in [0.1, 0.15) is 5.82 Å². The van der Waals surface area contributed by atoms with Crippen LogP contribution in [0.25, 0.3) is 21.9 Å². The number of nitrogens with one attached hydrogen (secondary N) is 3. The van der Waals surface area contributed by atoms with E-state index in [9.17, 15) is 4.79 Å². The van der Waals surface area contributed by atoms with Gasteiger partial charge in [-0.05, 0) is 67.9 Å². The fourth-order valence-corrected chi connectivity index (χ4v) is 4.64. The molecule has 31 heavy (non-hydrogen) atoms. The number of rotatable bonds is 5. The van der Waals surface area contributed by atoms with Crippen LogP contribution in [-0.2, 0) is 17.9 Å².